The molecule has 0 aliphatic carbocycles. The van der Waals surface area contributed by atoms with Gasteiger partial charge in [-0.2, -0.15) is 0 Å². The van der Waals surface area contributed by atoms with E-state index in [1.54, 1.807) is 0 Å². The maximum Gasteiger partial charge on any atom is 0.262 e. The van der Waals surface area contributed by atoms with E-state index in [4.69, 9.17) is 9.47 Å². The third-order valence-electron chi connectivity index (χ3n) is 3.49. The third-order valence-corrected chi connectivity index (χ3v) is 3.49. The summed E-state index contributed by atoms with van der Waals surface area (Å²) in [5.74, 6) is 1.64. The zero-order chi connectivity index (χ0) is 17.5. The number of amides is 1. The van der Waals surface area contributed by atoms with Crippen LogP contribution in [0.2, 0.25) is 0 Å². The molecule has 0 radical (unpaired) electrons. The summed E-state index contributed by atoms with van der Waals surface area (Å²) in [5.41, 5.74) is 2.69. The van der Waals surface area contributed by atoms with Crippen LogP contribution in [0.3, 0.4) is 0 Å². The molecule has 24 heavy (non-hydrogen) atoms. The predicted molar refractivity (Wildman–Crippen MR) is 96.8 cm³/mol. The third kappa shape index (κ3) is 5.01. The highest BCUT2D eigenvalue weighted by atomic mass is 16.5. The van der Waals surface area contributed by atoms with Crippen LogP contribution in [0.15, 0.2) is 42.5 Å². The van der Waals surface area contributed by atoms with Crippen molar-refractivity contribution in [3.05, 3.63) is 53.6 Å². The summed E-state index contributed by atoms with van der Waals surface area (Å²) >= 11 is 0. The minimum absolute atomic E-state index is 0.0375. The van der Waals surface area contributed by atoms with Gasteiger partial charge >= 0.3 is 0 Å². The molecule has 0 fully saturated rings. The molecule has 4 nitrogen and oxygen atoms in total. The molecule has 2 aromatic carbocycles. The minimum Gasteiger partial charge on any atom is -0.491 e. The Morgan fingerprint density at radius 3 is 2.33 bits per heavy atom. The van der Waals surface area contributed by atoms with E-state index >= 15 is 0 Å². The summed E-state index contributed by atoms with van der Waals surface area (Å²) in [6.07, 6.45) is 0. The zero-order valence-corrected chi connectivity index (χ0v) is 14.8. The molecule has 0 aromatic heterocycles. The number of hydrogen-bond acceptors (Lipinski definition) is 3. The van der Waals surface area contributed by atoms with Crippen LogP contribution in [0.5, 0.6) is 11.5 Å². The smallest absolute Gasteiger partial charge is 0.262 e. The highest BCUT2D eigenvalue weighted by Crippen LogP contribution is 2.25. The molecule has 0 saturated carbocycles. The first kappa shape index (κ1) is 17.9. The van der Waals surface area contributed by atoms with Gasteiger partial charge in [0.2, 0.25) is 0 Å². The average Bonchev–Trinajstić information content (AvgIpc) is 2.53. The second-order valence-electron chi connectivity index (χ2n) is 6.26. The largest absolute Gasteiger partial charge is 0.491 e. The van der Waals surface area contributed by atoms with Crippen molar-refractivity contribution in [2.24, 2.45) is 5.92 Å². The van der Waals surface area contributed by atoms with Crippen molar-refractivity contribution < 1.29 is 14.3 Å². The molecule has 0 unspecified atom stereocenters. The van der Waals surface area contributed by atoms with Crippen LogP contribution in [0.25, 0.3) is 0 Å². The van der Waals surface area contributed by atoms with E-state index in [0.717, 1.165) is 16.9 Å². The number of aryl methyl sites for hydroxylation is 2. The lowest BCUT2D eigenvalue weighted by molar-refractivity contribution is -0.118. The van der Waals surface area contributed by atoms with Crippen LogP contribution in [0, 0.1) is 19.8 Å². The number of carbonyl (C=O) groups is 1. The van der Waals surface area contributed by atoms with Crippen LogP contribution in [-0.4, -0.2) is 19.1 Å². The first-order chi connectivity index (χ1) is 11.5. The van der Waals surface area contributed by atoms with E-state index in [1.165, 1.54) is 0 Å². The maximum absolute atomic E-state index is 12.2. The van der Waals surface area contributed by atoms with Crippen molar-refractivity contribution in [2.45, 2.75) is 27.7 Å². The van der Waals surface area contributed by atoms with Gasteiger partial charge in [-0.05, 0) is 43.0 Å². The van der Waals surface area contributed by atoms with Crippen molar-refractivity contribution in [3.63, 3.8) is 0 Å². The van der Waals surface area contributed by atoms with Gasteiger partial charge in [0.05, 0.1) is 12.3 Å². The molecule has 2 rings (SSSR count). The lowest BCUT2D eigenvalue weighted by Crippen LogP contribution is -2.21. The molecule has 0 bridgehead atoms. The van der Waals surface area contributed by atoms with Gasteiger partial charge in [-0.1, -0.05) is 44.2 Å². The van der Waals surface area contributed by atoms with Crippen molar-refractivity contribution >= 4 is 11.6 Å². The molecule has 4 heteroatoms. The Morgan fingerprint density at radius 1 is 1.00 bits per heavy atom. The van der Waals surface area contributed by atoms with Crippen LogP contribution in [0.1, 0.15) is 25.0 Å². The standard InChI is InChI=1S/C20H25NO3/c1-14(2)12-23-18-11-6-5-10-17(18)21-19(22)13-24-20-15(3)8-7-9-16(20)4/h5-11,14H,12-13H2,1-4H3,(H,21,22). The normalized spacial score (nSPS) is 10.5. The fourth-order valence-electron chi connectivity index (χ4n) is 2.30. The first-order valence-corrected chi connectivity index (χ1v) is 8.18. The molecular weight excluding hydrogens is 302 g/mol. The summed E-state index contributed by atoms with van der Waals surface area (Å²) in [7, 11) is 0. The van der Waals surface area contributed by atoms with E-state index in [1.807, 2.05) is 56.3 Å². The highest BCUT2D eigenvalue weighted by molar-refractivity contribution is 5.93. The molecule has 0 spiro atoms. The molecule has 0 aliphatic heterocycles. The number of carbonyl (C=O) groups excluding carboxylic acids is 1. The SMILES string of the molecule is Cc1cccc(C)c1OCC(=O)Nc1ccccc1OCC(C)C. The number of ether oxygens (including phenoxy) is 2. The molecule has 0 saturated heterocycles. The fraction of sp³-hybridized carbons (Fsp3) is 0.350. The van der Waals surface area contributed by atoms with Crippen molar-refractivity contribution in [3.8, 4) is 11.5 Å². The highest BCUT2D eigenvalue weighted by Gasteiger charge is 2.10. The molecule has 2 aromatic rings. The molecular formula is C20H25NO3. The van der Waals surface area contributed by atoms with Crippen LogP contribution >= 0.6 is 0 Å². The van der Waals surface area contributed by atoms with Gasteiger partial charge in [-0.3, -0.25) is 4.79 Å². The van der Waals surface area contributed by atoms with E-state index in [-0.39, 0.29) is 12.5 Å². The summed E-state index contributed by atoms with van der Waals surface area (Å²) in [6, 6.07) is 13.3. The number of rotatable bonds is 7. The summed E-state index contributed by atoms with van der Waals surface area (Å²) in [6.45, 7) is 8.67. The van der Waals surface area contributed by atoms with Gasteiger partial charge in [0.15, 0.2) is 6.61 Å². The second kappa shape index (κ2) is 8.39. The van der Waals surface area contributed by atoms with Crippen molar-refractivity contribution in [1.29, 1.82) is 0 Å². The van der Waals surface area contributed by atoms with Gasteiger partial charge in [0.1, 0.15) is 11.5 Å². The Balaban J connectivity index is 1.97. The minimum atomic E-state index is -0.210. The molecule has 0 heterocycles. The monoisotopic (exact) mass is 327 g/mol. The summed E-state index contributed by atoms with van der Waals surface area (Å²) < 4.78 is 11.4. The number of para-hydroxylation sites is 3. The number of nitrogens with one attached hydrogen (secondary N) is 1. The zero-order valence-electron chi connectivity index (χ0n) is 14.8. The molecule has 1 N–H and O–H groups in total. The number of benzene rings is 2. The van der Waals surface area contributed by atoms with Crippen LogP contribution in [0.4, 0.5) is 5.69 Å². The molecule has 0 aliphatic rings. The van der Waals surface area contributed by atoms with Crippen molar-refractivity contribution in [2.75, 3.05) is 18.5 Å². The van der Waals surface area contributed by atoms with E-state index in [2.05, 4.69) is 19.2 Å². The van der Waals surface area contributed by atoms with Gasteiger partial charge < -0.3 is 14.8 Å². The van der Waals surface area contributed by atoms with Gasteiger partial charge in [0, 0.05) is 0 Å². The molecule has 0 atom stereocenters. The Kier molecular flexibility index (Phi) is 6.24. The average molecular weight is 327 g/mol. The van der Waals surface area contributed by atoms with Crippen LogP contribution in [-0.2, 0) is 4.79 Å². The molecule has 128 valence electrons. The number of hydrogen-bond donors (Lipinski definition) is 1. The molecule has 1 amide bonds. The second-order valence-corrected chi connectivity index (χ2v) is 6.26. The van der Waals surface area contributed by atoms with Gasteiger partial charge in [-0.25, -0.2) is 0 Å². The predicted octanol–water partition coefficient (Wildman–Crippen LogP) is 4.36. The Labute approximate surface area is 143 Å². The van der Waals surface area contributed by atoms with Crippen molar-refractivity contribution in [1.82, 2.24) is 0 Å². The lowest BCUT2D eigenvalue weighted by Gasteiger charge is -2.15. The van der Waals surface area contributed by atoms with E-state index in [9.17, 15) is 4.79 Å². The Morgan fingerprint density at radius 2 is 1.67 bits per heavy atom. The maximum atomic E-state index is 12.2. The van der Waals surface area contributed by atoms with Crippen LogP contribution < -0.4 is 14.8 Å². The van der Waals surface area contributed by atoms with Gasteiger partial charge in [0.25, 0.3) is 5.91 Å². The topological polar surface area (TPSA) is 47.6 Å². The number of anilines is 1. The van der Waals surface area contributed by atoms with E-state index < -0.39 is 0 Å². The Bertz CT molecular complexity index is 675. The summed E-state index contributed by atoms with van der Waals surface area (Å²) in [5, 5.41) is 2.85. The lowest BCUT2D eigenvalue weighted by atomic mass is 10.1. The quantitative estimate of drug-likeness (QED) is 0.822. The van der Waals surface area contributed by atoms with E-state index in [0.29, 0.717) is 24.0 Å². The summed E-state index contributed by atoms with van der Waals surface area (Å²) in [4.78, 5) is 12.2. The first-order valence-electron chi connectivity index (χ1n) is 8.18. The van der Waals surface area contributed by atoms with Gasteiger partial charge in [-0.15, -0.1) is 0 Å². The Hall–Kier alpha value is -2.49. The fourth-order valence-corrected chi connectivity index (χ4v) is 2.30.